The van der Waals surface area contributed by atoms with Crippen molar-refractivity contribution in [1.29, 1.82) is 0 Å². The fourth-order valence-electron chi connectivity index (χ4n) is 0.874. The molecule has 0 fully saturated rings. The molecular formula is C8H12F2N2O. The van der Waals surface area contributed by atoms with Crippen LogP contribution in [-0.2, 0) is 12.3 Å². The van der Waals surface area contributed by atoms with Gasteiger partial charge >= 0.3 is 5.92 Å². The average Bonchev–Trinajstić information content (AvgIpc) is 2.47. The van der Waals surface area contributed by atoms with Gasteiger partial charge in [-0.2, -0.15) is 8.78 Å². The van der Waals surface area contributed by atoms with Crippen LogP contribution in [-0.4, -0.2) is 18.6 Å². The maximum absolute atomic E-state index is 12.6. The SMILES string of the molecule is CNCCc1cnc(C(C)(F)F)o1. The molecule has 0 atom stereocenters. The van der Waals surface area contributed by atoms with E-state index in [1.807, 2.05) is 0 Å². The summed E-state index contributed by atoms with van der Waals surface area (Å²) in [6.07, 6.45) is 1.91. The highest BCUT2D eigenvalue weighted by Crippen LogP contribution is 2.26. The molecule has 13 heavy (non-hydrogen) atoms. The number of hydrogen-bond donors (Lipinski definition) is 1. The lowest BCUT2D eigenvalue weighted by Gasteiger charge is -2.03. The number of likely N-dealkylation sites (N-methyl/N-ethyl adjacent to an activating group) is 1. The Morgan fingerprint density at radius 2 is 2.31 bits per heavy atom. The van der Waals surface area contributed by atoms with Crippen LogP contribution in [0.25, 0.3) is 0 Å². The summed E-state index contributed by atoms with van der Waals surface area (Å²) in [4.78, 5) is 3.50. The van der Waals surface area contributed by atoms with Crippen LogP contribution >= 0.6 is 0 Å². The Morgan fingerprint density at radius 1 is 1.62 bits per heavy atom. The van der Waals surface area contributed by atoms with E-state index >= 15 is 0 Å². The fourth-order valence-corrected chi connectivity index (χ4v) is 0.874. The first-order chi connectivity index (χ1) is 6.04. The van der Waals surface area contributed by atoms with Gasteiger partial charge in [0.05, 0.1) is 6.20 Å². The zero-order valence-corrected chi connectivity index (χ0v) is 7.60. The second-order valence-corrected chi connectivity index (χ2v) is 2.87. The number of alkyl halides is 2. The molecule has 0 amide bonds. The lowest BCUT2D eigenvalue weighted by molar-refractivity contribution is -0.0118. The number of halogens is 2. The molecule has 0 unspecified atom stereocenters. The minimum atomic E-state index is -2.99. The molecule has 1 N–H and O–H groups in total. The van der Waals surface area contributed by atoms with Gasteiger partial charge in [0, 0.05) is 19.9 Å². The normalized spacial score (nSPS) is 12.0. The van der Waals surface area contributed by atoms with E-state index in [-0.39, 0.29) is 0 Å². The molecule has 0 bridgehead atoms. The van der Waals surface area contributed by atoms with E-state index < -0.39 is 11.8 Å². The third kappa shape index (κ3) is 2.77. The molecule has 0 aliphatic heterocycles. The third-order valence-electron chi connectivity index (χ3n) is 1.55. The number of aromatic nitrogens is 1. The van der Waals surface area contributed by atoms with E-state index in [4.69, 9.17) is 4.42 Å². The molecular weight excluding hydrogens is 178 g/mol. The average molecular weight is 190 g/mol. The monoisotopic (exact) mass is 190 g/mol. The molecule has 0 spiro atoms. The zero-order chi connectivity index (χ0) is 9.90. The summed E-state index contributed by atoms with van der Waals surface area (Å²) in [5.74, 6) is -3.03. The summed E-state index contributed by atoms with van der Waals surface area (Å²) in [5, 5.41) is 2.89. The van der Waals surface area contributed by atoms with Crippen molar-refractivity contribution in [3.8, 4) is 0 Å². The molecule has 1 rings (SSSR count). The van der Waals surface area contributed by atoms with E-state index in [0.29, 0.717) is 18.7 Å². The minimum Gasteiger partial charge on any atom is -0.440 e. The van der Waals surface area contributed by atoms with Crippen molar-refractivity contribution in [3.05, 3.63) is 17.8 Å². The van der Waals surface area contributed by atoms with E-state index in [0.717, 1.165) is 6.92 Å². The predicted molar refractivity (Wildman–Crippen MR) is 43.7 cm³/mol. The standard InChI is InChI=1S/C8H12F2N2O/c1-8(9,10)7-12-5-6(13-7)3-4-11-2/h5,11H,3-4H2,1-2H3. The van der Waals surface area contributed by atoms with Crippen LogP contribution in [0.15, 0.2) is 10.6 Å². The second kappa shape index (κ2) is 3.83. The largest absolute Gasteiger partial charge is 0.440 e. The van der Waals surface area contributed by atoms with Crippen molar-refractivity contribution in [2.75, 3.05) is 13.6 Å². The number of oxazole rings is 1. The Balaban J connectivity index is 2.64. The van der Waals surface area contributed by atoms with Crippen molar-refractivity contribution in [2.45, 2.75) is 19.3 Å². The van der Waals surface area contributed by atoms with Gasteiger partial charge in [0.1, 0.15) is 5.76 Å². The lowest BCUT2D eigenvalue weighted by Crippen LogP contribution is -2.10. The van der Waals surface area contributed by atoms with Crippen molar-refractivity contribution in [1.82, 2.24) is 10.3 Å². The molecule has 0 radical (unpaired) electrons. The minimum absolute atomic E-state index is 0.478. The summed E-state index contributed by atoms with van der Waals surface area (Å²) in [6, 6.07) is 0. The van der Waals surface area contributed by atoms with Gasteiger partial charge in [-0.15, -0.1) is 0 Å². The molecule has 0 aliphatic carbocycles. The van der Waals surface area contributed by atoms with Gasteiger partial charge in [0.15, 0.2) is 0 Å². The lowest BCUT2D eigenvalue weighted by atomic mass is 10.3. The maximum atomic E-state index is 12.6. The van der Waals surface area contributed by atoms with E-state index in [9.17, 15) is 8.78 Å². The number of rotatable bonds is 4. The molecule has 0 aliphatic rings. The zero-order valence-electron chi connectivity index (χ0n) is 7.60. The Kier molecular flexibility index (Phi) is 2.98. The highest BCUT2D eigenvalue weighted by atomic mass is 19.3. The Labute approximate surface area is 75.2 Å². The first-order valence-electron chi connectivity index (χ1n) is 4.01. The van der Waals surface area contributed by atoms with Crippen LogP contribution in [0.4, 0.5) is 8.78 Å². The van der Waals surface area contributed by atoms with Gasteiger partial charge in [0.2, 0.25) is 0 Å². The van der Waals surface area contributed by atoms with Crippen molar-refractivity contribution in [3.63, 3.8) is 0 Å². The highest BCUT2D eigenvalue weighted by molar-refractivity contribution is 4.98. The summed E-state index contributed by atoms with van der Waals surface area (Å²) in [7, 11) is 1.78. The van der Waals surface area contributed by atoms with Crippen LogP contribution in [0.2, 0.25) is 0 Å². The van der Waals surface area contributed by atoms with Crippen molar-refractivity contribution < 1.29 is 13.2 Å². The van der Waals surface area contributed by atoms with Gasteiger partial charge < -0.3 is 9.73 Å². The van der Waals surface area contributed by atoms with Crippen LogP contribution in [0.3, 0.4) is 0 Å². The van der Waals surface area contributed by atoms with Crippen LogP contribution in [0.1, 0.15) is 18.6 Å². The molecule has 5 heteroatoms. The number of nitrogens with zero attached hydrogens (tertiary/aromatic N) is 1. The second-order valence-electron chi connectivity index (χ2n) is 2.87. The summed E-state index contributed by atoms with van der Waals surface area (Å²) >= 11 is 0. The van der Waals surface area contributed by atoms with Gasteiger partial charge in [-0.25, -0.2) is 4.98 Å². The van der Waals surface area contributed by atoms with Crippen molar-refractivity contribution in [2.24, 2.45) is 0 Å². The first-order valence-corrected chi connectivity index (χ1v) is 4.01. The van der Waals surface area contributed by atoms with E-state index in [2.05, 4.69) is 10.3 Å². The summed E-state index contributed by atoms with van der Waals surface area (Å²) in [6.45, 7) is 1.45. The maximum Gasteiger partial charge on any atom is 0.319 e. The summed E-state index contributed by atoms with van der Waals surface area (Å²) in [5.41, 5.74) is 0. The predicted octanol–water partition coefficient (Wildman–Crippen LogP) is 1.55. The Morgan fingerprint density at radius 3 is 2.77 bits per heavy atom. The first kappa shape index (κ1) is 10.1. The topological polar surface area (TPSA) is 38.1 Å². The Bertz CT molecular complexity index is 267. The molecule has 74 valence electrons. The molecule has 1 aromatic heterocycles. The number of nitrogens with one attached hydrogen (secondary N) is 1. The van der Waals surface area contributed by atoms with Gasteiger partial charge in [-0.1, -0.05) is 0 Å². The number of hydrogen-bond acceptors (Lipinski definition) is 3. The quantitative estimate of drug-likeness (QED) is 0.782. The van der Waals surface area contributed by atoms with Crippen LogP contribution in [0.5, 0.6) is 0 Å². The molecule has 3 nitrogen and oxygen atoms in total. The molecule has 1 aromatic rings. The van der Waals surface area contributed by atoms with Gasteiger partial charge in [-0.3, -0.25) is 0 Å². The molecule has 0 aromatic carbocycles. The van der Waals surface area contributed by atoms with Crippen LogP contribution < -0.4 is 5.32 Å². The third-order valence-corrected chi connectivity index (χ3v) is 1.55. The van der Waals surface area contributed by atoms with Gasteiger partial charge in [-0.05, 0) is 7.05 Å². The molecule has 0 saturated heterocycles. The van der Waals surface area contributed by atoms with E-state index in [1.165, 1.54) is 6.20 Å². The molecule has 1 heterocycles. The van der Waals surface area contributed by atoms with E-state index in [1.54, 1.807) is 7.05 Å². The smallest absolute Gasteiger partial charge is 0.319 e. The summed E-state index contributed by atoms with van der Waals surface area (Å²) < 4.78 is 30.1. The van der Waals surface area contributed by atoms with Crippen LogP contribution in [0, 0.1) is 0 Å². The highest BCUT2D eigenvalue weighted by Gasteiger charge is 2.30. The fraction of sp³-hybridized carbons (Fsp3) is 0.625. The Hall–Kier alpha value is -0.970. The van der Waals surface area contributed by atoms with Gasteiger partial charge in [0.25, 0.3) is 5.89 Å². The molecule has 0 saturated carbocycles. The van der Waals surface area contributed by atoms with Crippen molar-refractivity contribution >= 4 is 0 Å².